The van der Waals surface area contributed by atoms with Gasteiger partial charge in [0.05, 0.1) is 7.11 Å². The summed E-state index contributed by atoms with van der Waals surface area (Å²) in [5, 5.41) is 5.33. The van der Waals surface area contributed by atoms with E-state index >= 15 is 0 Å². The van der Waals surface area contributed by atoms with Crippen LogP contribution in [-0.2, 0) is 19.1 Å². The molecule has 0 heterocycles. The van der Waals surface area contributed by atoms with Crippen molar-refractivity contribution in [3.63, 3.8) is 0 Å². The molecule has 2 amide bonds. The van der Waals surface area contributed by atoms with Crippen molar-refractivity contribution in [1.29, 1.82) is 0 Å². The lowest BCUT2D eigenvalue weighted by molar-refractivity contribution is -0.146. The molecule has 0 radical (unpaired) electrons. The highest BCUT2D eigenvalue weighted by Gasteiger charge is 2.29. The molecule has 6 heteroatoms. The number of carbonyl (C=O) groups is 3. The van der Waals surface area contributed by atoms with Crippen LogP contribution in [-0.4, -0.2) is 37.0 Å². The second kappa shape index (κ2) is 9.37. The average molecular weight is 300 g/mol. The number of esters is 1. The second-order valence-corrected chi connectivity index (χ2v) is 5.78. The first-order valence-corrected chi connectivity index (χ1v) is 7.38. The molecular weight excluding hydrogens is 272 g/mol. The number of carbonyl (C=O) groups excluding carboxylic acids is 3. The molecular formula is C15H28N2O4. The van der Waals surface area contributed by atoms with Gasteiger partial charge in [0.25, 0.3) is 0 Å². The molecule has 21 heavy (non-hydrogen) atoms. The molecule has 6 nitrogen and oxygen atoms in total. The van der Waals surface area contributed by atoms with Gasteiger partial charge in [0.15, 0.2) is 0 Å². The smallest absolute Gasteiger partial charge is 0.328 e. The predicted octanol–water partition coefficient (Wildman–Crippen LogP) is 1.24. The number of ether oxygens (including phenoxy) is 1. The normalized spacial score (nSPS) is 15.0. The van der Waals surface area contributed by atoms with E-state index in [0.29, 0.717) is 6.42 Å². The van der Waals surface area contributed by atoms with Crippen LogP contribution in [0.2, 0.25) is 0 Å². The molecule has 0 aromatic heterocycles. The summed E-state index contributed by atoms with van der Waals surface area (Å²) >= 11 is 0. The predicted molar refractivity (Wildman–Crippen MR) is 80.5 cm³/mol. The maximum atomic E-state index is 12.4. The summed E-state index contributed by atoms with van der Waals surface area (Å²) in [5.74, 6) is -0.879. The van der Waals surface area contributed by atoms with Gasteiger partial charge >= 0.3 is 5.97 Å². The summed E-state index contributed by atoms with van der Waals surface area (Å²) in [5.41, 5.74) is 0. The van der Waals surface area contributed by atoms with Crippen molar-refractivity contribution >= 4 is 17.8 Å². The van der Waals surface area contributed by atoms with Gasteiger partial charge in [-0.05, 0) is 18.3 Å². The first-order valence-electron chi connectivity index (χ1n) is 7.38. The molecule has 122 valence electrons. The topological polar surface area (TPSA) is 84.5 Å². The first-order chi connectivity index (χ1) is 9.72. The van der Waals surface area contributed by atoms with E-state index in [1.165, 1.54) is 14.0 Å². The third kappa shape index (κ3) is 7.11. The van der Waals surface area contributed by atoms with Gasteiger partial charge in [0.1, 0.15) is 12.1 Å². The van der Waals surface area contributed by atoms with Crippen LogP contribution in [0.15, 0.2) is 0 Å². The maximum Gasteiger partial charge on any atom is 0.328 e. The monoisotopic (exact) mass is 300 g/mol. The van der Waals surface area contributed by atoms with Gasteiger partial charge in [-0.25, -0.2) is 4.79 Å². The van der Waals surface area contributed by atoms with Crippen molar-refractivity contribution in [3.05, 3.63) is 0 Å². The summed E-state index contributed by atoms with van der Waals surface area (Å²) in [6, 6.07) is -1.34. The van der Waals surface area contributed by atoms with E-state index < -0.39 is 18.1 Å². The Morgan fingerprint density at radius 1 is 1.10 bits per heavy atom. The van der Waals surface area contributed by atoms with E-state index in [1.54, 1.807) is 0 Å². The Kier molecular flexibility index (Phi) is 8.66. The van der Waals surface area contributed by atoms with Gasteiger partial charge in [-0.2, -0.15) is 0 Å². The van der Waals surface area contributed by atoms with Crippen LogP contribution in [0.1, 0.15) is 47.5 Å². The number of methoxy groups -OCH3 is 1. The minimum atomic E-state index is -0.692. The highest BCUT2D eigenvalue weighted by atomic mass is 16.5. The molecule has 0 aliphatic carbocycles. The van der Waals surface area contributed by atoms with Crippen LogP contribution in [0.3, 0.4) is 0 Å². The van der Waals surface area contributed by atoms with Crippen LogP contribution >= 0.6 is 0 Å². The minimum Gasteiger partial charge on any atom is -0.467 e. The summed E-state index contributed by atoms with van der Waals surface area (Å²) in [4.78, 5) is 35.4. The zero-order valence-electron chi connectivity index (χ0n) is 13.9. The quantitative estimate of drug-likeness (QED) is 0.661. The zero-order valence-corrected chi connectivity index (χ0v) is 13.9. The Balaban J connectivity index is 4.96. The van der Waals surface area contributed by atoms with E-state index in [4.69, 9.17) is 4.74 Å². The third-order valence-corrected chi connectivity index (χ3v) is 3.36. The third-order valence-electron chi connectivity index (χ3n) is 3.36. The molecule has 0 fully saturated rings. The molecule has 0 aliphatic rings. The first kappa shape index (κ1) is 19.4. The minimum absolute atomic E-state index is 0.0220. The molecule has 3 atom stereocenters. The molecule has 0 spiro atoms. The van der Waals surface area contributed by atoms with Gasteiger partial charge < -0.3 is 15.4 Å². The molecule has 0 rings (SSSR count). The molecule has 0 unspecified atom stereocenters. The molecule has 0 saturated heterocycles. The molecule has 0 saturated carbocycles. The van der Waals surface area contributed by atoms with Crippen LogP contribution < -0.4 is 10.6 Å². The van der Waals surface area contributed by atoms with Gasteiger partial charge in [-0.1, -0.05) is 34.1 Å². The van der Waals surface area contributed by atoms with Gasteiger partial charge in [-0.3, -0.25) is 9.59 Å². The number of hydrogen-bond donors (Lipinski definition) is 2. The van der Waals surface area contributed by atoms with Crippen molar-refractivity contribution in [2.45, 2.75) is 59.5 Å². The van der Waals surface area contributed by atoms with Crippen molar-refractivity contribution < 1.29 is 19.1 Å². The fourth-order valence-electron chi connectivity index (χ4n) is 2.01. The van der Waals surface area contributed by atoms with E-state index in [0.717, 1.165) is 6.42 Å². The fraction of sp³-hybridized carbons (Fsp3) is 0.800. The van der Waals surface area contributed by atoms with Crippen LogP contribution in [0.25, 0.3) is 0 Å². The Bertz CT molecular complexity index is 369. The van der Waals surface area contributed by atoms with E-state index in [9.17, 15) is 14.4 Å². The number of hydrogen-bond acceptors (Lipinski definition) is 4. The molecule has 2 N–H and O–H groups in total. The molecule has 0 bridgehead atoms. The number of nitrogens with one attached hydrogen (secondary N) is 2. The maximum absolute atomic E-state index is 12.4. The Morgan fingerprint density at radius 2 is 1.67 bits per heavy atom. The van der Waals surface area contributed by atoms with Crippen molar-refractivity contribution in [3.8, 4) is 0 Å². The zero-order chi connectivity index (χ0) is 16.6. The van der Waals surface area contributed by atoms with Crippen LogP contribution in [0.4, 0.5) is 0 Å². The number of amides is 2. The number of rotatable bonds is 8. The van der Waals surface area contributed by atoms with Gasteiger partial charge in [0.2, 0.25) is 11.8 Å². The average Bonchev–Trinajstić information content (AvgIpc) is 2.41. The van der Waals surface area contributed by atoms with Gasteiger partial charge in [-0.15, -0.1) is 0 Å². The largest absolute Gasteiger partial charge is 0.467 e. The van der Waals surface area contributed by atoms with Crippen LogP contribution in [0, 0.1) is 11.8 Å². The lowest BCUT2D eigenvalue weighted by Gasteiger charge is -2.26. The summed E-state index contributed by atoms with van der Waals surface area (Å²) < 4.78 is 4.72. The van der Waals surface area contributed by atoms with Gasteiger partial charge in [0, 0.05) is 6.92 Å². The highest BCUT2D eigenvalue weighted by molar-refractivity contribution is 5.90. The standard InChI is InChI=1S/C15H28N2O4/c1-7-10(4)13(16-11(5)18)14(19)17-12(8-9(2)3)15(20)21-6/h9-10,12-13H,7-8H2,1-6H3,(H,16,18)(H,17,19)/t10-,12-,13-/m0/s1. The van der Waals surface area contributed by atoms with Crippen LogP contribution in [0.5, 0.6) is 0 Å². The second-order valence-electron chi connectivity index (χ2n) is 5.78. The van der Waals surface area contributed by atoms with E-state index in [1.807, 2.05) is 27.7 Å². The Morgan fingerprint density at radius 3 is 2.05 bits per heavy atom. The fourth-order valence-corrected chi connectivity index (χ4v) is 2.01. The van der Waals surface area contributed by atoms with Crippen molar-refractivity contribution in [1.82, 2.24) is 10.6 Å². The summed E-state index contributed by atoms with van der Waals surface area (Å²) in [6.45, 7) is 9.12. The summed E-state index contributed by atoms with van der Waals surface area (Å²) in [7, 11) is 1.29. The molecule has 0 aromatic rings. The lowest BCUT2D eigenvalue weighted by Crippen LogP contribution is -2.54. The Hall–Kier alpha value is -1.59. The lowest BCUT2D eigenvalue weighted by atomic mass is 9.97. The SMILES string of the molecule is CC[C@H](C)[C@H](NC(C)=O)C(=O)N[C@@H](CC(C)C)C(=O)OC. The molecule has 0 aromatic carbocycles. The molecule has 0 aliphatic heterocycles. The van der Waals surface area contributed by atoms with E-state index in [2.05, 4.69) is 10.6 Å². The highest BCUT2D eigenvalue weighted by Crippen LogP contribution is 2.11. The Labute approximate surface area is 127 Å². The van der Waals surface area contributed by atoms with Crippen molar-refractivity contribution in [2.75, 3.05) is 7.11 Å². The van der Waals surface area contributed by atoms with E-state index in [-0.39, 0.29) is 23.7 Å². The van der Waals surface area contributed by atoms with Crippen molar-refractivity contribution in [2.24, 2.45) is 11.8 Å². The summed E-state index contributed by atoms with van der Waals surface area (Å²) in [6.07, 6.45) is 1.23.